The number of nitrogens with zero attached hydrogens (tertiary/aromatic N) is 3. The average Bonchev–Trinajstić information content (AvgIpc) is 2.38. The van der Waals surface area contributed by atoms with Crippen LogP contribution in [0.15, 0.2) is 12.1 Å². The Morgan fingerprint density at radius 2 is 2.17 bits per heavy atom. The van der Waals surface area contributed by atoms with E-state index in [4.69, 9.17) is 0 Å². The van der Waals surface area contributed by atoms with Crippen LogP contribution < -0.4 is 5.32 Å². The average molecular weight is 246 g/mol. The molecule has 0 radical (unpaired) electrons. The summed E-state index contributed by atoms with van der Waals surface area (Å²) in [6.07, 6.45) is 3.09. The lowest BCUT2D eigenvalue weighted by molar-refractivity contribution is 0.0820. The molecule has 5 heteroatoms. The largest absolute Gasteiger partial charge is 0.343 e. The fraction of sp³-hybridized carbons (Fsp3) is 0.462. The molecule has 0 aliphatic carbocycles. The van der Waals surface area contributed by atoms with Crippen LogP contribution in [0, 0.1) is 6.92 Å². The summed E-state index contributed by atoms with van der Waals surface area (Å²) in [6.45, 7) is 3.81. The highest BCUT2D eigenvalue weighted by Crippen LogP contribution is 2.20. The van der Waals surface area contributed by atoms with E-state index in [1.807, 2.05) is 13.0 Å². The molecule has 1 aromatic rings. The van der Waals surface area contributed by atoms with Gasteiger partial charge in [-0.05, 0) is 37.1 Å². The molecule has 1 aromatic heterocycles. The molecule has 18 heavy (non-hydrogen) atoms. The number of carbonyl (C=O) groups is 1. The van der Waals surface area contributed by atoms with Crippen molar-refractivity contribution in [3.8, 4) is 0 Å². The van der Waals surface area contributed by atoms with Gasteiger partial charge in [-0.15, -0.1) is 10.2 Å². The molecule has 1 aliphatic rings. The van der Waals surface area contributed by atoms with E-state index in [0.29, 0.717) is 5.69 Å². The third kappa shape index (κ3) is 2.56. The van der Waals surface area contributed by atoms with E-state index in [9.17, 15) is 4.79 Å². The molecule has 0 atom stereocenters. The number of carbonyl (C=O) groups excluding carboxylic acids is 1. The summed E-state index contributed by atoms with van der Waals surface area (Å²) >= 11 is 0. The van der Waals surface area contributed by atoms with Crippen molar-refractivity contribution in [2.24, 2.45) is 0 Å². The predicted molar refractivity (Wildman–Crippen MR) is 70.3 cm³/mol. The van der Waals surface area contributed by atoms with E-state index >= 15 is 0 Å². The molecule has 0 unspecified atom stereocenters. The van der Waals surface area contributed by atoms with Crippen molar-refractivity contribution in [1.82, 2.24) is 20.4 Å². The molecular formula is C13H18N4O. The maximum Gasteiger partial charge on any atom is 0.273 e. The quantitative estimate of drug-likeness (QED) is 0.841. The Kier molecular flexibility index (Phi) is 3.72. The third-order valence-corrected chi connectivity index (χ3v) is 2.98. The van der Waals surface area contributed by atoms with Crippen molar-refractivity contribution < 1.29 is 4.79 Å². The SMILES string of the molecule is Cc1cc(C(=O)N(C)C)nnc1C1=CCNCC1. The van der Waals surface area contributed by atoms with Gasteiger partial charge in [0.05, 0.1) is 5.69 Å². The van der Waals surface area contributed by atoms with Gasteiger partial charge in [-0.3, -0.25) is 4.79 Å². The Morgan fingerprint density at radius 3 is 2.72 bits per heavy atom. The zero-order chi connectivity index (χ0) is 13.1. The van der Waals surface area contributed by atoms with E-state index in [2.05, 4.69) is 21.6 Å². The number of aromatic nitrogens is 2. The molecule has 1 aliphatic heterocycles. The summed E-state index contributed by atoms with van der Waals surface area (Å²) in [5.41, 5.74) is 3.52. The van der Waals surface area contributed by atoms with Gasteiger partial charge in [0.2, 0.25) is 0 Å². The van der Waals surface area contributed by atoms with Gasteiger partial charge in [0, 0.05) is 20.6 Å². The van der Waals surface area contributed by atoms with Crippen molar-refractivity contribution in [2.45, 2.75) is 13.3 Å². The van der Waals surface area contributed by atoms with E-state index in [0.717, 1.165) is 30.8 Å². The first-order valence-corrected chi connectivity index (χ1v) is 6.05. The molecule has 0 spiro atoms. The Labute approximate surface area is 107 Å². The molecule has 2 heterocycles. The Hall–Kier alpha value is -1.75. The standard InChI is InChI=1S/C13H18N4O/c1-9-8-11(13(18)17(2)3)15-16-12(9)10-4-6-14-7-5-10/h4,8,14H,5-7H2,1-3H3. The third-order valence-electron chi connectivity index (χ3n) is 2.98. The second-order valence-corrected chi connectivity index (χ2v) is 4.64. The molecule has 1 amide bonds. The molecule has 0 aromatic carbocycles. The number of hydrogen-bond donors (Lipinski definition) is 1. The van der Waals surface area contributed by atoms with Gasteiger partial charge in [0.25, 0.3) is 5.91 Å². The molecule has 0 saturated carbocycles. The highest BCUT2D eigenvalue weighted by atomic mass is 16.2. The first-order valence-electron chi connectivity index (χ1n) is 6.05. The van der Waals surface area contributed by atoms with Crippen LogP contribution in [0.5, 0.6) is 0 Å². The lowest BCUT2D eigenvalue weighted by Crippen LogP contribution is -2.24. The fourth-order valence-electron chi connectivity index (χ4n) is 1.97. The predicted octanol–water partition coefficient (Wildman–Crippen LogP) is 0.864. The highest BCUT2D eigenvalue weighted by molar-refractivity contribution is 5.92. The van der Waals surface area contributed by atoms with Gasteiger partial charge in [-0.1, -0.05) is 6.08 Å². The van der Waals surface area contributed by atoms with Crippen molar-refractivity contribution in [1.29, 1.82) is 0 Å². The van der Waals surface area contributed by atoms with Crippen LogP contribution in [0.2, 0.25) is 0 Å². The number of rotatable bonds is 2. The van der Waals surface area contributed by atoms with Gasteiger partial charge in [0.1, 0.15) is 0 Å². The van der Waals surface area contributed by atoms with Gasteiger partial charge in [-0.2, -0.15) is 0 Å². The second-order valence-electron chi connectivity index (χ2n) is 4.64. The number of amides is 1. The number of aryl methyl sites for hydroxylation is 1. The Balaban J connectivity index is 2.30. The minimum Gasteiger partial charge on any atom is -0.343 e. The molecule has 0 bridgehead atoms. The van der Waals surface area contributed by atoms with Gasteiger partial charge in [-0.25, -0.2) is 0 Å². The summed E-state index contributed by atoms with van der Waals surface area (Å²) < 4.78 is 0. The van der Waals surface area contributed by atoms with Crippen LogP contribution in [-0.2, 0) is 0 Å². The summed E-state index contributed by atoms with van der Waals surface area (Å²) in [5, 5.41) is 11.5. The zero-order valence-electron chi connectivity index (χ0n) is 11.0. The van der Waals surface area contributed by atoms with E-state index in [1.54, 1.807) is 14.1 Å². The highest BCUT2D eigenvalue weighted by Gasteiger charge is 2.15. The van der Waals surface area contributed by atoms with Crippen molar-refractivity contribution in [3.63, 3.8) is 0 Å². The Bertz CT molecular complexity index is 494. The summed E-state index contributed by atoms with van der Waals surface area (Å²) in [5.74, 6) is -0.114. The van der Waals surface area contributed by atoms with Crippen molar-refractivity contribution in [2.75, 3.05) is 27.2 Å². The summed E-state index contributed by atoms with van der Waals surface area (Å²) in [7, 11) is 3.42. The van der Waals surface area contributed by atoms with Crippen LogP contribution in [-0.4, -0.2) is 48.2 Å². The monoisotopic (exact) mass is 246 g/mol. The molecule has 0 saturated heterocycles. The topological polar surface area (TPSA) is 58.1 Å². The molecule has 1 N–H and O–H groups in total. The van der Waals surface area contributed by atoms with Crippen LogP contribution in [0.4, 0.5) is 0 Å². The smallest absolute Gasteiger partial charge is 0.273 e. The first-order chi connectivity index (χ1) is 8.59. The first kappa shape index (κ1) is 12.7. The normalized spacial score (nSPS) is 15.2. The lowest BCUT2D eigenvalue weighted by atomic mass is 10.0. The van der Waals surface area contributed by atoms with Crippen molar-refractivity contribution >= 4 is 11.5 Å². The molecular weight excluding hydrogens is 228 g/mol. The van der Waals surface area contributed by atoms with Crippen LogP contribution in [0.1, 0.15) is 28.2 Å². The molecule has 0 fully saturated rings. The maximum atomic E-state index is 11.8. The van der Waals surface area contributed by atoms with E-state index < -0.39 is 0 Å². The lowest BCUT2D eigenvalue weighted by Gasteiger charge is -2.15. The van der Waals surface area contributed by atoms with Gasteiger partial charge < -0.3 is 10.2 Å². The number of hydrogen-bond acceptors (Lipinski definition) is 4. The van der Waals surface area contributed by atoms with Crippen LogP contribution >= 0.6 is 0 Å². The fourth-order valence-corrected chi connectivity index (χ4v) is 1.97. The van der Waals surface area contributed by atoms with Gasteiger partial charge in [0.15, 0.2) is 5.69 Å². The Morgan fingerprint density at radius 1 is 1.39 bits per heavy atom. The second kappa shape index (κ2) is 5.27. The zero-order valence-corrected chi connectivity index (χ0v) is 11.0. The molecule has 96 valence electrons. The molecule has 2 rings (SSSR count). The number of nitrogens with one attached hydrogen (secondary N) is 1. The van der Waals surface area contributed by atoms with Gasteiger partial charge >= 0.3 is 0 Å². The van der Waals surface area contributed by atoms with E-state index in [1.165, 1.54) is 10.5 Å². The van der Waals surface area contributed by atoms with Crippen LogP contribution in [0.3, 0.4) is 0 Å². The minimum absolute atomic E-state index is 0.114. The van der Waals surface area contributed by atoms with E-state index in [-0.39, 0.29) is 5.91 Å². The van der Waals surface area contributed by atoms with Crippen LogP contribution in [0.25, 0.3) is 5.57 Å². The molecule has 5 nitrogen and oxygen atoms in total. The maximum absolute atomic E-state index is 11.8. The summed E-state index contributed by atoms with van der Waals surface area (Å²) in [6, 6.07) is 1.81. The summed E-state index contributed by atoms with van der Waals surface area (Å²) in [4.78, 5) is 13.3. The van der Waals surface area contributed by atoms with Crippen molar-refractivity contribution in [3.05, 3.63) is 29.1 Å². The minimum atomic E-state index is -0.114.